The van der Waals surface area contributed by atoms with Gasteiger partial charge in [0.2, 0.25) is 11.8 Å². The first-order valence-corrected chi connectivity index (χ1v) is 9.91. The van der Waals surface area contributed by atoms with Gasteiger partial charge in [0.25, 0.3) is 0 Å². The van der Waals surface area contributed by atoms with Crippen LogP contribution in [-0.4, -0.2) is 31.3 Å². The summed E-state index contributed by atoms with van der Waals surface area (Å²) in [6, 6.07) is 13.5. The summed E-state index contributed by atoms with van der Waals surface area (Å²) in [6.07, 6.45) is 3.30. The van der Waals surface area contributed by atoms with Crippen molar-refractivity contribution < 1.29 is 23.9 Å². The number of nitrogens with zero attached hydrogens (tertiary/aromatic N) is 1. The predicted octanol–water partition coefficient (Wildman–Crippen LogP) is 3.80. The van der Waals surface area contributed by atoms with Crippen molar-refractivity contribution in [2.24, 2.45) is 11.8 Å². The van der Waals surface area contributed by atoms with E-state index in [2.05, 4.69) is 0 Å². The molecule has 1 heterocycles. The minimum Gasteiger partial charge on any atom is -0.497 e. The van der Waals surface area contributed by atoms with Crippen molar-refractivity contribution in [1.29, 1.82) is 0 Å². The number of fused-ring (bicyclic) bond motifs is 1. The second kappa shape index (κ2) is 8.14. The van der Waals surface area contributed by atoms with Crippen molar-refractivity contribution in [2.45, 2.75) is 19.8 Å². The van der Waals surface area contributed by atoms with Gasteiger partial charge in [0.1, 0.15) is 11.5 Å². The monoisotopic (exact) mass is 405 g/mol. The van der Waals surface area contributed by atoms with Crippen LogP contribution in [0, 0.1) is 11.8 Å². The third kappa shape index (κ3) is 3.73. The highest BCUT2D eigenvalue weighted by Gasteiger charge is 2.48. The Kier molecular flexibility index (Phi) is 5.40. The molecule has 1 saturated heterocycles. The second-order valence-corrected chi connectivity index (χ2v) is 7.65. The minimum atomic E-state index is -0.265. The van der Waals surface area contributed by atoms with Crippen LogP contribution < -0.4 is 14.4 Å². The van der Waals surface area contributed by atoms with Crippen LogP contribution >= 0.6 is 0 Å². The Labute approximate surface area is 175 Å². The number of ketones is 1. The number of carbonyl (C=O) groups is 3. The molecule has 2 amide bonds. The highest BCUT2D eigenvalue weighted by Crippen LogP contribution is 2.39. The maximum Gasteiger partial charge on any atom is 0.238 e. The van der Waals surface area contributed by atoms with Crippen LogP contribution in [0.2, 0.25) is 0 Å². The van der Waals surface area contributed by atoms with Crippen LogP contribution in [0.5, 0.6) is 11.5 Å². The van der Waals surface area contributed by atoms with Crippen LogP contribution in [0.15, 0.2) is 60.2 Å². The Balaban J connectivity index is 1.40. The molecule has 1 fully saturated rings. The number of methoxy groups -OCH3 is 1. The molecule has 4 rings (SSSR count). The lowest BCUT2D eigenvalue weighted by molar-refractivity contribution is -0.122. The van der Waals surface area contributed by atoms with E-state index < -0.39 is 0 Å². The molecule has 0 N–H and O–H groups in total. The number of ether oxygens (including phenoxy) is 2. The molecule has 0 spiro atoms. The van der Waals surface area contributed by atoms with Gasteiger partial charge in [-0.1, -0.05) is 11.6 Å². The Morgan fingerprint density at radius 2 is 1.60 bits per heavy atom. The molecule has 0 saturated carbocycles. The van der Waals surface area contributed by atoms with Crippen LogP contribution in [0.1, 0.15) is 30.1 Å². The van der Waals surface area contributed by atoms with Crippen LogP contribution in [0.3, 0.4) is 0 Å². The average Bonchev–Trinajstić information content (AvgIpc) is 3.02. The molecule has 2 aromatic rings. The molecule has 0 radical (unpaired) electrons. The molecule has 6 nitrogen and oxygen atoms in total. The molecule has 0 aromatic heterocycles. The van der Waals surface area contributed by atoms with Crippen molar-refractivity contribution in [1.82, 2.24) is 0 Å². The van der Waals surface area contributed by atoms with E-state index in [1.54, 1.807) is 55.6 Å². The van der Waals surface area contributed by atoms with E-state index in [0.29, 0.717) is 35.6 Å². The molecule has 1 aliphatic heterocycles. The summed E-state index contributed by atoms with van der Waals surface area (Å²) >= 11 is 0. The molecular formula is C24H23NO5. The highest BCUT2D eigenvalue weighted by molar-refractivity contribution is 6.22. The lowest BCUT2D eigenvalue weighted by Crippen LogP contribution is -2.30. The Bertz CT molecular complexity index is 1010. The first-order chi connectivity index (χ1) is 14.5. The number of imide groups is 1. The van der Waals surface area contributed by atoms with Gasteiger partial charge in [-0.2, -0.15) is 0 Å². The van der Waals surface area contributed by atoms with Gasteiger partial charge in [-0.3, -0.25) is 19.3 Å². The summed E-state index contributed by atoms with van der Waals surface area (Å²) in [6.45, 7) is 1.89. The summed E-state index contributed by atoms with van der Waals surface area (Å²) < 4.78 is 10.7. The minimum absolute atomic E-state index is 0.109. The van der Waals surface area contributed by atoms with E-state index in [-0.39, 0.29) is 36.0 Å². The fourth-order valence-electron chi connectivity index (χ4n) is 3.99. The number of Topliss-reactive ketones (excluding diaryl/α,β-unsaturated/α-hetero) is 1. The topological polar surface area (TPSA) is 72.9 Å². The third-order valence-corrected chi connectivity index (χ3v) is 5.70. The highest BCUT2D eigenvalue weighted by atomic mass is 16.5. The SMILES string of the molecule is COc1ccc(C(=O)COc2ccc(N3C(=O)[C@H]4CC=C(C)C[C@H]4C3=O)cc2)cc1. The van der Waals surface area contributed by atoms with Crippen molar-refractivity contribution in [3.8, 4) is 11.5 Å². The van der Waals surface area contributed by atoms with Crippen LogP contribution in [-0.2, 0) is 9.59 Å². The molecule has 1 aliphatic carbocycles. The number of benzene rings is 2. The molecular weight excluding hydrogens is 382 g/mol. The maximum absolute atomic E-state index is 12.8. The molecule has 2 aliphatic rings. The van der Waals surface area contributed by atoms with Gasteiger partial charge in [0.05, 0.1) is 24.6 Å². The second-order valence-electron chi connectivity index (χ2n) is 7.65. The number of hydrogen-bond acceptors (Lipinski definition) is 5. The van der Waals surface area contributed by atoms with Gasteiger partial charge >= 0.3 is 0 Å². The Morgan fingerprint density at radius 3 is 2.27 bits per heavy atom. The van der Waals surface area contributed by atoms with Crippen molar-refractivity contribution >= 4 is 23.3 Å². The zero-order chi connectivity index (χ0) is 21.3. The number of carbonyl (C=O) groups excluding carboxylic acids is 3. The lowest BCUT2D eigenvalue weighted by Gasteiger charge is -2.18. The smallest absolute Gasteiger partial charge is 0.238 e. The number of amides is 2. The normalized spacial score (nSPS) is 20.6. The Morgan fingerprint density at radius 1 is 0.967 bits per heavy atom. The molecule has 30 heavy (non-hydrogen) atoms. The molecule has 154 valence electrons. The van der Waals surface area contributed by atoms with Gasteiger partial charge < -0.3 is 9.47 Å². The molecule has 2 atom stereocenters. The summed E-state index contributed by atoms with van der Waals surface area (Å²) in [5, 5.41) is 0. The zero-order valence-corrected chi connectivity index (χ0v) is 17.0. The van der Waals surface area contributed by atoms with Crippen molar-refractivity contribution in [3.05, 3.63) is 65.7 Å². The summed E-state index contributed by atoms with van der Waals surface area (Å²) in [5.74, 6) is 0.214. The quantitative estimate of drug-likeness (QED) is 0.415. The van der Waals surface area contributed by atoms with Gasteiger partial charge in [-0.05, 0) is 68.3 Å². The van der Waals surface area contributed by atoms with Gasteiger partial charge in [0, 0.05) is 5.56 Å². The van der Waals surface area contributed by atoms with E-state index in [4.69, 9.17) is 9.47 Å². The van der Waals surface area contributed by atoms with Crippen molar-refractivity contribution in [3.63, 3.8) is 0 Å². The van der Waals surface area contributed by atoms with Gasteiger partial charge in [0.15, 0.2) is 12.4 Å². The van der Waals surface area contributed by atoms with Gasteiger partial charge in [-0.25, -0.2) is 0 Å². The Hall–Kier alpha value is -3.41. The largest absolute Gasteiger partial charge is 0.497 e. The average molecular weight is 405 g/mol. The maximum atomic E-state index is 12.8. The molecule has 0 bridgehead atoms. The van der Waals surface area contributed by atoms with E-state index >= 15 is 0 Å². The lowest BCUT2D eigenvalue weighted by atomic mass is 9.82. The molecule has 2 aromatic carbocycles. The molecule has 6 heteroatoms. The van der Waals surface area contributed by atoms with Crippen LogP contribution in [0.25, 0.3) is 0 Å². The van der Waals surface area contributed by atoms with E-state index in [1.807, 2.05) is 13.0 Å². The first-order valence-electron chi connectivity index (χ1n) is 9.91. The number of hydrogen-bond donors (Lipinski definition) is 0. The van der Waals surface area contributed by atoms with E-state index in [0.717, 1.165) is 5.57 Å². The third-order valence-electron chi connectivity index (χ3n) is 5.70. The van der Waals surface area contributed by atoms with E-state index in [9.17, 15) is 14.4 Å². The standard InChI is InChI=1S/C24H23NO5/c1-15-3-12-20-21(13-15)24(28)25(23(20)27)17-6-10-19(11-7-17)30-14-22(26)16-4-8-18(29-2)9-5-16/h3-11,20-21H,12-14H2,1-2H3/t20-,21+/m0/s1. The number of rotatable bonds is 6. The zero-order valence-electron chi connectivity index (χ0n) is 17.0. The summed E-state index contributed by atoms with van der Waals surface area (Å²) in [5.41, 5.74) is 2.22. The summed E-state index contributed by atoms with van der Waals surface area (Å²) in [4.78, 5) is 39.1. The number of allylic oxidation sites excluding steroid dienone is 2. The van der Waals surface area contributed by atoms with Crippen LogP contribution in [0.4, 0.5) is 5.69 Å². The predicted molar refractivity (Wildman–Crippen MR) is 112 cm³/mol. The van der Waals surface area contributed by atoms with Crippen molar-refractivity contribution in [2.75, 3.05) is 18.6 Å². The number of anilines is 1. The molecule has 0 unspecified atom stereocenters. The fraction of sp³-hybridized carbons (Fsp3) is 0.292. The first kappa shape index (κ1) is 19.9. The van der Waals surface area contributed by atoms with E-state index in [1.165, 1.54) is 4.90 Å². The summed E-state index contributed by atoms with van der Waals surface area (Å²) in [7, 11) is 1.57. The fourth-order valence-corrected chi connectivity index (χ4v) is 3.99. The van der Waals surface area contributed by atoms with Gasteiger partial charge in [-0.15, -0.1) is 0 Å².